The van der Waals surface area contributed by atoms with Crippen molar-refractivity contribution in [2.45, 2.75) is 24.5 Å². The minimum Gasteiger partial charge on any atom is -0.346 e. The Bertz CT molecular complexity index is 1070. The number of hydrogen-bond acceptors (Lipinski definition) is 3. The Kier molecular flexibility index (Phi) is 5.16. The van der Waals surface area contributed by atoms with E-state index in [1.165, 1.54) is 5.56 Å². The van der Waals surface area contributed by atoms with Crippen LogP contribution in [0.2, 0.25) is 10.0 Å². The predicted octanol–water partition coefficient (Wildman–Crippen LogP) is 4.58. The van der Waals surface area contributed by atoms with Gasteiger partial charge in [-0.25, -0.2) is 17.7 Å². The SMILES string of the molecule is O=S(=O)(Cc1ccc(Cl)cc1Cl)N1CCC(c2c[nH]c3ncccc23)CC1. The van der Waals surface area contributed by atoms with Gasteiger partial charge < -0.3 is 4.98 Å². The van der Waals surface area contributed by atoms with Crippen molar-refractivity contribution in [1.29, 1.82) is 0 Å². The molecule has 1 aliphatic rings. The number of sulfonamides is 1. The van der Waals surface area contributed by atoms with Crippen LogP contribution in [-0.4, -0.2) is 35.8 Å². The van der Waals surface area contributed by atoms with Crippen molar-refractivity contribution in [1.82, 2.24) is 14.3 Å². The van der Waals surface area contributed by atoms with Crippen LogP contribution in [0.3, 0.4) is 0 Å². The van der Waals surface area contributed by atoms with Gasteiger partial charge in [0.25, 0.3) is 0 Å². The lowest BCUT2D eigenvalue weighted by Gasteiger charge is -2.31. The molecule has 8 heteroatoms. The molecule has 0 unspecified atom stereocenters. The zero-order chi connectivity index (χ0) is 19.0. The second kappa shape index (κ2) is 7.43. The minimum atomic E-state index is -3.42. The van der Waals surface area contributed by atoms with Crippen molar-refractivity contribution in [2.24, 2.45) is 0 Å². The van der Waals surface area contributed by atoms with E-state index in [0.29, 0.717) is 34.6 Å². The number of rotatable bonds is 4. The summed E-state index contributed by atoms with van der Waals surface area (Å²) in [6, 6.07) is 8.89. The third kappa shape index (κ3) is 3.85. The Morgan fingerprint density at radius 3 is 2.70 bits per heavy atom. The molecular formula is C19H19Cl2N3O2S. The van der Waals surface area contributed by atoms with Crippen LogP contribution >= 0.6 is 23.2 Å². The molecule has 0 radical (unpaired) electrons. The average Bonchev–Trinajstić information content (AvgIpc) is 3.08. The number of piperidine rings is 1. The lowest BCUT2D eigenvalue weighted by molar-refractivity contribution is 0.320. The summed E-state index contributed by atoms with van der Waals surface area (Å²) in [6.45, 7) is 1.01. The molecule has 1 saturated heterocycles. The van der Waals surface area contributed by atoms with E-state index in [0.717, 1.165) is 23.9 Å². The summed E-state index contributed by atoms with van der Waals surface area (Å²) >= 11 is 12.0. The fraction of sp³-hybridized carbons (Fsp3) is 0.316. The fourth-order valence-electron chi connectivity index (χ4n) is 3.69. The number of halogens is 2. The quantitative estimate of drug-likeness (QED) is 0.667. The number of nitrogens with one attached hydrogen (secondary N) is 1. The maximum Gasteiger partial charge on any atom is 0.218 e. The molecule has 1 aromatic carbocycles. The summed E-state index contributed by atoms with van der Waals surface area (Å²) in [7, 11) is -3.42. The Balaban J connectivity index is 1.46. The third-order valence-electron chi connectivity index (χ3n) is 5.12. The maximum absolute atomic E-state index is 12.8. The lowest BCUT2D eigenvalue weighted by atomic mass is 9.90. The van der Waals surface area contributed by atoms with Gasteiger partial charge in [0.15, 0.2) is 0 Å². The van der Waals surface area contributed by atoms with Crippen molar-refractivity contribution >= 4 is 44.3 Å². The summed E-state index contributed by atoms with van der Waals surface area (Å²) in [5.41, 5.74) is 2.67. The first-order valence-corrected chi connectivity index (χ1v) is 11.1. The van der Waals surface area contributed by atoms with E-state index < -0.39 is 10.0 Å². The summed E-state index contributed by atoms with van der Waals surface area (Å²) in [4.78, 5) is 7.53. The number of fused-ring (bicyclic) bond motifs is 1. The van der Waals surface area contributed by atoms with Crippen molar-refractivity contribution < 1.29 is 8.42 Å². The zero-order valence-electron chi connectivity index (χ0n) is 14.5. The van der Waals surface area contributed by atoms with E-state index in [1.54, 1.807) is 28.7 Å². The van der Waals surface area contributed by atoms with Gasteiger partial charge in [0.1, 0.15) is 5.65 Å². The largest absolute Gasteiger partial charge is 0.346 e. The zero-order valence-corrected chi connectivity index (χ0v) is 16.9. The van der Waals surface area contributed by atoms with Gasteiger partial charge in [0.2, 0.25) is 10.0 Å². The van der Waals surface area contributed by atoms with Crippen molar-refractivity contribution in [3.05, 3.63) is 63.9 Å². The molecule has 0 aliphatic carbocycles. The molecule has 142 valence electrons. The molecule has 2 aromatic heterocycles. The van der Waals surface area contributed by atoms with Crippen LogP contribution in [0.15, 0.2) is 42.7 Å². The second-order valence-electron chi connectivity index (χ2n) is 6.81. The highest BCUT2D eigenvalue weighted by Crippen LogP contribution is 2.34. The Morgan fingerprint density at radius 1 is 1.19 bits per heavy atom. The topological polar surface area (TPSA) is 66.1 Å². The summed E-state index contributed by atoms with van der Waals surface area (Å²) in [6.07, 6.45) is 5.34. The van der Waals surface area contributed by atoms with E-state index in [9.17, 15) is 8.42 Å². The first-order valence-electron chi connectivity index (χ1n) is 8.78. The van der Waals surface area contributed by atoms with Crippen LogP contribution in [0.5, 0.6) is 0 Å². The third-order valence-corrected chi connectivity index (χ3v) is 7.54. The van der Waals surface area contributed by atoms with Gasteiger partial charge in [-0.05, 0) is 54.2 Å². The van der Waals surface area contributed by atoms with E-state index in [1.807, 2.05) is 12.3 Å². The Hall–Kier alpha value is -1.60. The first-order chi connectivity index (χ1) is 12.9. The van der Waals surface area contributed by atoms with Crippen molar-refractivity contribution in [2.75, 3.05) is 13.1 Å². The number of nitrogens with zero attached hydrogens (tertiary/aromatic N) is 2. The van der Waals surface area contributed by atoms with Crippen LogP contribution in [0.25, 0.3) is 11.0 Å². The molecule has 4 rings (SSSR count). The number of H-pyrrole nitrogens is 1. The Labute approximate surface area is 168 Å². The monoisotopic (exact) mass is 423 g/mol. The molecule has 1 N–H and O–H groups in total. The molecule has 0 saturated carbocycles. The average molecular weight is 424 g/mol. The second-order valence-corrected chi connectivity index (χ2v) is 9.62. The molecule has 1 fully saturated rings. The van der Waals surface area contributed by atoms with Gasteiger partial charge in [-0.3, -0.25) is 0 Å². The number of hydrogen-bond donors (Lipinski definition) is 1. The molecule has 3 heterocycles. The minimum absolute atomic E-state index is 0.106. The maximum atomic E-state index is 12.8. The summed E-state index contributed by atoms with van der Waals surface area (Å²) in [5, 5.41) is 1.99. The van der Waals surface area contributed by atoms with Gasteiger partial charge in [0, 0.05) is 40.9 Å². The van der Waals surface area contributed by atoms with Gasteiger partial charge in [0.05, 0.1) is 5.75 Å². The van der Waals surface area contributed by atoms with Gasteiger partial charge in [-0.15, -0.1) is 0 Å². The van der Waals surface area contributed by atoms with Crippen LogP contribution < -0.4 is 0 Å². The van der Waals surface area contributed by atoms with E-state index in [-0.39, 0.29) is 5.75 Å². The fourth-order valence-corrected chi connectivity index (χ4v) is 5.84. The van der Waals surface area contributed by atoms with E-state index in [4.69, 9.17) is 23.2 Å². The van der Waals surface area contributed by atoms with Crippen LogP contribution in [0.1, 0.15) is 29.9 Å². The smallest absolute Gasteiger partial charge is 0.218 e. The highest BCUT2D eigenvalue weighted by molar-refractivity contribution is 7.88. The summed E-state index contributed by atoms with van der Waals surface area (Å²) < 4.78 is 27.2. The molecule has 27 heavy (non-hydrogen) atoms. The number of aromatic amines is 1. The molecule has 0 bridgehead atoms. The predicted molar refractivity (Wildman–Crippen MR) is 109 cm³/mol. The van der Waals surface area contributed by atoms with E-state index in [2.05, 4.69) is 16.0 Å². The highest BCUT2D eigenvalue weighted by atomic mass is 35.5. The normalized spacial score (nSPS) is 16.8. The lowest BCUT2D eigenvalue weighted by Crippen LogP contribution is -2.38. The molecule has 0 amide bonds. The van der Waals surface area contributed by atoms with Gasteiger partial charge in [-0.1, -0.05) is 29.3 Å². The first kappa shape index (κ1) is 18.7. The van der Waals surface area contributed by atoms with Crippen LogP contribution in [0, 0.1) is 0 Å². The number of aromatic nitrogens is 2. The standard InChI is InChI=1S/C19H19Cl2N3O2S/c20-15-4-3-14(18(21)10-15)12-27(25,26)24-8-5-13(6-9-24)17-11-23-19-16(17)2-1-7-22-19/h1-4,7,10-11,13H,5-6,8-9,12H2,(H,22,23). The molecule has 1 aliphatic heterocycles. The number of pyridine rings is 1. The summed E-state index contributed by atoms with van der Waals surface area (Å²) in [5.74, 6) is 0.221. The Morgan fingerprint density at radius 2 is 1.96 bits per heavy atom. The van der Waals surface area contributed by atoms with Crippen LogP contribution in [-0.2, 0) is 15.8 Å². The molecule has 3 aromatic rings. The number of benzene rings is 1. The van der Waals surface area contributed by atoms with Crippen molar-refractivity contribution in [3.8, 4) is 0 Å². The molecule has 0 atom stereocenters. The van der Waals surface area contributed by atoms with Gasteiger partial charge >= 0.3 is 0 Å². The molecule has 5 nitrogen and oxygen atoms in total. The van der Waals surface area contributed by atoms with E-state index >= 15 is 0 Å². The molecule has 0 spiro atoms. The van der Waals surface area contributed by atoms with Gasteiger partial charge in [-0.2, -0.15) is 0 Å². The molecular weight excluding hydrogens is 405 g/mol. The highest BCUT2D eigenvalue weighted by Gasteiger charge is 2.30. The van der Waals surface area contributed by atoms with Crippen LogP contribution in [0.4, 0.5) is 0 Å². The van der Waals surface area contributed by atoms with Crippen molar-refractivity contribution in [3.63, 3.8) is 0 Å².